The van der Waals surface area contributed by atoms with Crippen molar-refractivity contribution in [2.24, 2.45) is 5.41 Å². The van der Waals surface area contributed by atoms with Crippen LogP contribution in [-0.2, 0) is 9.59 Å². The van der Waals surface area contributed by atoms with Crippen LogP contribution in [0.15, 0.2) is 12.1 Å². The second-order valence-corrected chi connectivity index (χ2v) is 7.14. The summed E-state index contributed by atoms with van der Waals surface area (Å²) in [6.07, 6.45) is 1.36. The molecule has 1 fully saturated rings. The molecule has 0 aliphatic heterocycles. The highest BCUT2D eigenvalue weighted by Gasteiger charge is 2.29. The fourth-order valence-corrected chi connectivity index (χ4v) is 3.06. The van der Waals surface area contributed by atoms with Crippen molar-refractivity contribution in [2.45, 2.75) is 38.5 Å². The van der Waals surface area contributed by atoms with Gasteiger partial charge in [-0.1, -0.05) is 6.92 Å². The van der Waals surface area contributed by atoms with Gasteiger partial charge in [0.1, 0.15) is 17.3 Å². The maximum Gasteiger partial charge on any atom is 0.164 e. The lowest BCUT2D eigenvalue weighted by atomic mass is 9.82. The molecule has 0 heterocycles. The van der Waals surface area contributed by atoms with Gasteiger partial charge < -0.3 is 29.5 Å². The van der Waals surface area contributed by atoms with Gasteiger partial charge in [0.2, 0.25) is 0 Å². The minimum atomic E-state index is -0.667. The first kappa shape index (κ1) is 24.9. The maximum absolute atomic E-state index is 11.6. The fraction of sp³-hybridized carbons (Fsp3) is 0.619. The van der Waals surface area contributed by atoms with E-state index in [1.54, 1.807) is 33.5 Å². The number of ketones is 2. The standard InChI is InChI=1S/C15H18O5.C6H14O3/c1-18-13-8-15(20-3)14(19-2)7-12(13)9-4-10(16)6-11(17)5-9;1-2-6(3-7,4-8)5-9/h7-9H,4-6H2,1-3H3;7-9H,2-5H2,1H3. The molecule has 0 bridgehead atoms. The molecule has 164 valence electrons. The van der Waals surface area contributed by atoms with E-state index in [2.05, 4.69) is 0 Å². The van der Waals surface area contributed by atoms with E-state index < -0.39 is 5.41 Å². The van der Waals surface area contributed by atoms with Crippen LogP contribution in [0.2, 0.25) is 0 Å². The topological polar surface area (TPSA) is 123 Å². The number of aliphatic hydroxyl groups excluding tert-OH is 3. The van der Waals surface area contributed by atoms with Gasteiger partial charge in [-0.3, -0.25) is 9.59 Å². The maximum atomic E-state index is 11.6. The molecule has 0 radical (unpaired) electrons. The molecule has 8 nitrogen and oxygen atoms in total. The van der Waals surface area contributed by atoms with Crippen LogP contribution >= 0.6 is 0 Å². The lowest BCUT2D eigenvalue weighted by molar-refractivity contribution is -0.130. The molecule has 0 unspecified atom stereocenters. The third kappa shape index (κ3) is 6.42. The normalized spacial score (nSPS) is 14.9. The average Bonchev–Trinajstić information content (AvgIpc) is 2.74. The Hall–Kier alpha value is -2.16. The molecule has 0 atom stereocenters. The number of ether oxygens (including phenoxy) is 3. The Morgan fingerprint density at radius 3 is 1.66 bits per heavy atom. The Labute approximate surface area is 171 Å². The number of carbonyl (C=O) groups is 2. The molecule has 1 aliphatic carbocycles. The number of benzene rings is 1. The molecule has 0 aromatic heterocycles. The molecule has 1 aliphatic rings. The highest BCUT2D eigenvalue weighted by molar-refractivity contribution is 6.02. The zero-order valence-corrected chi connectivity index (χ0v) is 17.6. The van der Waals surface area contributed by atoms with Crippen molar-refractivity contribution in [2.75, 3.05) is 41.2 Å². The highest BCUT2D eigenvalue weighted by Crippen LogP contribution is 2.41. The summed E-state index contributed by atoms with van der Waals surface area (Å²) < 4.78 is 15.8. The van der Waals surface area contributed by atoms with E-state index in [4.69, 9.17) is 29.5 Å². The minimum Gasteiger partial charge on any atom is -0.496 e. The molecular formula is C21H32O8. The lowest BCUT2D eigenvalue weighted by Crippen LogP contribution is -2.32. The summed E-state index contributed by atoms with van der Waals surface area (Å²) in [5, 5.41) is 26.0. The van der Waals surface area contributed by atoms with Gasteiger partial charge in [0.25, 0.3) is 0 Å². The van der Waals surface area contributed by atoms with E-state index in [1.165, 1.54) is 0 Å². The number of hydrogen-bond acceptors (Lipinski definition) is 8. The van der Waals surface area contributed by atoms with Crippen LogP contribution in [0.3, 0.4) is 0 Å². The minimum absolute atomic E-state index is 0.0249. The van der Waals surface area contributed by atoms with Gasteiger partial charge in [0.15, 0.2) is 11.5 Å². The number of aliphatic hydroxyl groups is 3. The SMILES string of the molecule is CCC(CO)(CO)CO.COc1cc(OC)c(C2CC(=O)CC(=O)C2)cc1OC. The van der Waals surface area contributed by atoms with Crippen molar-refractivity contribution in [3.05, 3.63) is 17.7 Å². The van der Waals surface area contributed by atoms with Crippen molar-refractivity contribution >= 4 is 11.6 Å². The number of rotatable bonds is 8. The summed E-state index contributed by atoms with van der Waals surface area (Å²) in [4.78, 5) is 23.2. The Bertz CT molecular complexity index is 648. The van der Waals surface area contributed by atoms with E-state index in [1.807, 2.05) is 6.92 Å². The lowest BCUT2D eigenvalue weighted by Gasteiger charge is -2.24. The largest absolute Gasteiger partial charge is 0.496 e. The summed E-state index contributed by atoms with van der Waals surface area (Å²) in [6, 6.07) is 3.51. The predicted octanol–water partition coefficient (Wildman–Crippen LogP) is 1.48. The summed E-state index contributed by atoms with van der Waals surface area (Å²) in [5.74, 6) is 1.52. The molecule has 0 amide bonds. The fourth-order valence-electron chi connectivity index (χ4n) is 3.06. The Kier molecular flexibility index (Phi) is 10.1. The number of hydrogen-bond donors (Lipinski definition) is 3. The zero-order chi connectivity index (χ0) is 22.0. The second kappa shape index (κ2) is 11.7. The molecule has 29 heavy (non-hydrogen) atoms. The van der Waals surface area contributed by atoms with E-state index >= 15 is 0 Å². The monoisotopic (exact) mass is 412 g/mol. The molecule has 3 N–H and O–H groups in total. The number of methoxy groups -OCH3 is 3. The van der Waals surface area contributed by atoms with Crippen LogP contribution in [0.1, 0.15) is 44.1 Å². The first-order chi connectivity index (χ1) is 13.8. The molecule has 1 saturated carbocycles. The average molecular weight is 412 g/mol. The van der Waals surface area contributed by atoms with Gasteiger partial charge >= 0.3 is 0 Å². The van der Waals surface area contributed by atoms with Gasteiger partial charge in [0.05, 0.1) is 47.6 Å². The van der Waals surface area contributed by atoms with Crippen LogP contribution in [0.5, 0.6) is 17.2 Å². The second-order valence-electron chi connectivity index (χ2n) is 7.14. The molecule has 8 heteroatoms. The Morgan fingerprint density at radius 1 is 0.862 bits per heavy atom. The number of carbonyl (C=O) groups excluding carboxylic acids is 2. The van der Waals surface area contributed by atoms with Crippen molar-refractivity contribution in [3.63, 3.8) is 0 Å². The van der Waals surface area contributed by atoms with Crippen LogP contribution < -0.4 is 14.2 Å². The summed E-state index contributed by atoms with van der Waals surface area (Å²) in [6.45, 7) is 1.35. The van der Waals surface area contributed by atoms with Crippen LogP contribution in [0.25, 0.3) is 0 Å². The van der Waals surface area contributed by atoms with Crippen molar-refractivity contribution < 1.29 is 39.1 Å². The first-order valence-electron chi connectivity index (χ1n) is 9.49. The molecule has 1 aromatic carbocycles. The van der Waals surface area contributed by atoms with Crippen LogP contribution in [-0.4, -0.2) is 68.0 Å². The number of Topliss-reactive ketones (excluding diaryl/α,β-unsaturated/α-hetero) is 2. The molecule has 1 aromatic rings. The third-order valence-corrected chi connectivity index (χ3v) is 5.27. The smallest absolute Gasteiger partial charge is 0.164 e. The van der Waals surface area contributed by atoms with Gasteiger partial charge in [-0.25, -0.2) is 0 Å². The molecular weight excluding hydrogens is 380 g/mol. The van der Waals surface area contributed by atoms with Gasteiger partial charge in [-0.2, -0.15) is 0 Å². The summed E-state index contributed by atoms with van der Waals surface area (Å²) >= 11 is 0. The summed E-state index contributed by atoms with van der Waals surface area (Å²) in [5.41, 5.74) is 0.145. The molecule has 0 spiro atoms. The van der Waals surface area contributed by atoms with Crippen molar-refractivity contribution in [1.82, 2.24) is 0 Å². The van der Waals surface area contributed by atoms with Crippen molar-refractivity contribution in [1.29, 1.82) is 0 Å². The van der Waals surface area contributed by atoms with E-state index in [0.29, 0.717) is 36.5 Å². The highest BCUT2D eigenvalue weighted by atomic mass is 16.5. The van der Waals surface area contributed by atoms with E-state index in [-0.39, 0.29) is 43.7 Å². The third-order valence-electron chi connectivity index (χ3n) is 5.27. The first-order valence-corrected chi connectivity index (χ1v) is 9.49. The zero-order valence-electron chi connectivity index (χ0n) is 17.6. The van der Waals surface area contributed by atoms with Gasteiger partial charge in [-0.05, 0) is 12.5 Å². The molecule has 0 saturated heterocycles. The Balaban J connectivity index is 0.000000396. The van der Waals surface area contributed by atoms with E-state index in [0.717, 1.165) is 5.56 Å². The predicted molar refractivity (Wildman–Crippen MR) is 107 cm³/mol. The quantitative estimate of drug-likeness (QED) is 0.549. The van der Waals surface area contributed by atoms with E-state index in [9.17, 15) is 9.59 Å². The Morgan fingerprint density at radius 2 is 1.31 bits per heavy atom. The van der Waals surface area contributed by atoms with Gasteiger partial charge in [0, 0.05) is 35.8 Å². The van der Waals surface area contributed by atoms with Crippen LogP contribution in [0.4, 0.5) is 0 Å². The summed E-state index contributed by atoms with van der Waals surface area (Å²) in [7, 11) is 4.65. The van der Waals surface area contributed by atoms with Crippen molar-refractivity contribution in [3.8, 4) is 17.2 Å². The van der Waals surface area contributed by atoms with Gasteiger partial charge in [-0.15, -0.1) is 0 Å². The van der Waals surface area contributed by atoms with Crippen LogP contribution in [0, 0.1) is 5.41 Å². The molecule has 2 rings (SSSR count).